The number of nitrogens with zero attached hydrogens (tertiary/aromatic N) is 2. The van der Waals surface area contributed by atoms with E-state index in [1.807, 2.05) is 17.1 Å². The maximum absolute atomic E-state index is 5.14. The average Bonchev–Trinajstić information content (AvgIpc) is 2.48. The van der Waals surface area contributed by atoms with E-state index >= 15 is 0 Å². The summed E-state index contributed by atoms with van der Waals surface area (Å²) in [5.74, 6) is 2.61. The van der Waals surface area contributed by atoms with Crippen LogP contribution in [0.3, 0.4) is 0 Å². The van der Waals surface area contributed by atoms with Gasteiger partial charge in [0, 0.05) is 19.2 Å². The minimum Gasteiger partial charge on any atom is -0.273 e. The molecule has 0 bridgehead atoms. The minimum absolute atomic E-state index is 0.801. The highest BCUT2D eigenvalue weighted by molar-refractivity contribution is 5.06. The number of rotatable bonds is 3. The quantitative estimate of drug-likeness (QED) is 0.593. The van der Waals surface area contributed by atoms with Crippen LogP contribution < -0.4 is 0 Å². The lowest BCUT2D eigenvalue weighted by atomic mass is 10.2. The van der Waals surface area contributed by atoms with Crippen LogP contribution in [0.2, 0.25) is 0 Å². The first-order valence-electron chi connectivity index (χ1n) is 3.81. The van der Waals surface area contributed by atoms with Gasteiger partial charge in [-0.3, -0.25) is 4.68 Å². The van der Waals surface area contributed by atoms with Crippen LogP contribution in [0.1, 0.15) is 18.9 Å². The van der Waals surface area contributed by atoms with Gasteiger partial charge in [-0.15, -0.1) is 12.3 Å². The van der Waals surface area contributed by atoms with Gasteiger partial charge in [-0.1, -0.05) is 0 Å². The van der Waals surface area contributed by atoms with Crippen molar-refractivity contribution in [2.45, 2.75) is 26.3 Å². The van der Waals surface area contributed by atoms with Crippen LogP contribution in [0, 0.1) is 12.3 Å². The molecule has 58 valence electrons. The molecule has 1 heterocycles. The molecule has 0 saturated heterocycles. The van der Waals surface area contributed by atoms with E-state index in [1.54, 1.807) is 0 Å². The zero-order chi connectivity index (χ0) is 8.10. The molecule has 1 aromatic rings. The van der Waals surface area contributed by atoms with Crippen molar-refractivity contribution in [1.29, 1.82) is 0 Å². The van der Waals surface area contributed by atoms with E-state index in [0.29, 0.717) is 0 Å². The molecule has 0 fully saturated rings. The summed E-state index contributed by atoms with van der Waals surface area (Å²) in [6, 6.07) is 0. The number of aromatic nitrogens is 2. The predicted octanol–water partition coefficient (Wildman–Crippen LogP) is 1.47. The first kappa shape index (κ1) is 7.87. The number of hydrogen-bond donors (Lipinski definition) is 0. The van der Waals surface area contributed by atoms with Gasteiger partial charge >= 0.3 is 0 Å². The summed E-state index contributed by atoms with van der Waals surface area (Å²) in [5.41, 5.74) is 1.23. The van der Waals surface area contributed by atoms with Crippen molar-refractivity contribution in [3.05, 3.63) is 18.0 Å². The third-order valence-corrected chi connectivity index (χ3v) is 1.57. The van der Waals surface area contributed by atoms with E-state index in [-0.39, 0.29) is 0 Å². The maximum atomic E-state index is 5.14. The standard InChI is InChI=1S/C9H12N2/c1-3-5-6-9-7-10-11(4-2)8-9/h1,7-8H,4-6H2,2H3. The molecule has 0 amide bonds. The third kappa shape index (κ3) is 2.12. The van der Waals surface area contributed by atoms with Crippen molar-refractivity contribution in [1.82, 2.24) is 9.78 Å². The Hall–Kier alpha value is -1.23. The molecule has 0 aliphatic carbocycles. The van der Waals surface area contributed by atoms with Crippen molar-refractivity contribution in [3.8, 4) is 12.3 Å². The SMILES string of the molecule is C#CCCc1cnn(CC)c1. The van der Waals surface area contributed by atoms with Gasteiger partial charge in [0.2, 0.25) is 0 Å². The molecule has 1 rings (SSSR count). The molecule has 0 aliphatic heterocycles. The smallest absolute Gasteiger partial charge is 0.0522 e. The van der Waals surface area contributed by atoms with Gasteiger partial charge in [0.05, 0.1) is 6.20 Å². The Balaban J connectivity index is 2.53. The van der Waals surface area contributed by atoms with E-state index < -0.39 is 0 Å². The van der Waals surface area contributed by atoms with E-state index in [1.165, 1.54) is 5.56 Å². The van der Waals surface area contributed by atoms with Crippen LogP contribution in [0.15, 0.2) is 12.4 Å². The fourth-order valence-corrected chi connectivity index (χ4v) is 0.925. The van der Waals surface area contributed by atoms with Crippen LogP contribution in [0.5, 0.6) is 0 Å². The van der Waals surface area contributed by atoms with Crippen molar-refractivity contribution < 1.29 is 0 Å². The molecule has 0 atom stereocenters. The summed E-state index contributed by atoms with van der Waals surface area (Å²) in [7, 11) is 0. The zero-order valence-corrected chi connectivity index (χ0v) is 6.75. The van der Waals surface area contributed by atoms with E-state index in [9.17, 15) is 0 Å². The Morgan fingerprint density at radius 2 is 2.55 bits per heavy atom. The van der Waals surface area contributed by atoms with E-state index in [0.717, 1.165) is 19.4 Å². The summed E-state index contributed by atoms with van der Waals surface area (Å²) in [6.07, 6.45) is 10.8. The predicted molar refractivity (Wildman–Crippen MR) is 45.1 cm³/mol. The molecular weight excluding hydrogens is 136 g/mol. The number of aryl methyl sites for hydroxylation is 2. The average molecular weight is 148 g/mol. The Kier molecular flexibility index (Phi) is 2.74. The highest BCUT2D eigenvalue weighted by Gasteiger charge is 1.94. The Morgan fingerprint density at radius 3 is 3.09 bits per heavy atom. The van der Waals surface area contributed by atoms with E-state index in [2.05, 4.69) is 17.9 Å². The summed E-state index contributed by atoms with van der Waals surface area (Å²) in [6.45, 7) is 2.99. The zero-order valence-electron chi connectivity index (χ0n) is 6.75. The second-order valence-electron chi connectivity index (χ2n) is 2.41. The van der Waals surface area contributed by atoms with Crippen molar-refractivity contribution >= 4 is 0 Å². The minimum atomic E-state index is 0.801. The highest BCUT2D eigenvalue weighted by Crippen LogP contribution is 2.00. The number of hydrogen-bond acceptors (Lipinski definition) is 1. The van der Waals surface area contributed by atoms with Gasteiger partial charge in [0.15, 0.2) is 0 Å². The molecule has 2 nitrogen and oxygen atoms in total. The van der Waals surface area contributed by atoms with Crippen molar-refractivity contribution in [2.75, 3.05) is 0 Å². The molecule has 0 saturated carbocycles. The maximum Gasteiger partial charge on any atom is 0.0522 e. The summed E-state index contributed by atoms with van der Waals surface area (Å²) >= 11 is 0. The summed E-state index contributed by atoms with van der Waals surface area (Å²) in [4.78, 5) is 0. The largest absolute Gasteiger partial charge is 0.273 e. The van der Waals surface area contributed by atoms with Gasteiger partial charge in [0.1, 0.15) is 0 Å². The summed E-state index contributed by atoms with van der Waals surface area (Å²) in [5, 5.41) is 4.14. The second-order valence-corrected chi connectivity index (χ2v) is 2.41. The molecule has 0 aromatic carbocycles. The molecule has 0 N–H and O–H groups in total. The molecule has 0 spiro atoms. The normalized spacial score (nSPS) is 9.45. The Morgan fingerprint density at radius 1 is 1.73 bits per heavy atom. The fourth-order valence-electron chi connectivity index (χ4n) is 0.925. The molecule has 0 aliphatic rings. The monoisotopic (exact) mass is 148 g/mol. The molecule has 2 heteroatoms. The van der Waals surface area contributed by atoms with Crippen molar-refractivity contribution in [2.24, 2.45) is 0 Å². The third-order valence-electron chi connectivity index (χ3n) is 1.57. The van der Waals surface area contributed by atoms with Crippen molar-refractivity contribution in [3.63, 3.8) is 0 Å². The van der Waals surface area contributed by atoms with Gasteiger partial charge < -0.3 is 0 Å². The molecule has 11 heavy (non-hydrogen) atoms. The lowest BCUT2D eigenvalue weighted by molar-refractivity contribution is 0.659. The summed E-state index contributed by atoms with van der Waals surface area (Å²) < 4.78 is 1.91. The molecule has 1 aromatic heterocycles. The van der Waals surface area contributed by atoms with Crippen LogP contribution in [0.25, 0.3) is 0 Å². The Bertz CT molecular complexity index is 255. The highest BCUT2D eigenvalue weighted by atomic mass is 15.3. The topological polar surface area (TPSA) is 17.8 Å². The molecule has 0 unspecified atom stereocenters. The molecule has 0 radical (unpaired) electrons. The van der Waals surface area contributed by atoms with E-state index in [4.69, 9.17) is 6.42 Å². The van der Waals surface area contributed by atoms with Gasteiger partial charge in [0.25, 0.3) is 0 Å². The lowest BCUT2D eigenvalue weighted by Crippen LogP contribution is -1.92. The first-order valence-corrected chi connectivity index (χ1v) is 3.81. The van der Waals surface area contributed by atoms with Crippen LogP contribution in [0.4, 0.5) is 0 Å². The van der Waals surface area contributed by atoms with Crippen LogP contribution >= 0.6 is 0 Å². The molecular formula is C9H12N2. The van der Waals surface area contributed by atoms with Gasteiger partial charge in [-0.2, -0.15) is 5.10 Å². The Labute approximate surface area is 67.2 Å². The van der Waals surface area contributed by atoms with Crippen LogP contribution in [-0.4, -0.2) is 9.78 Å². The first-order chi connectivity index (χ1) is 5.36. The second kappa shape index (κ2) is 3.82. The van der Waals surface area contributed by atoms with Gasteiger partial charge in [-0.25, -0.2) is 0 Å². The lowest BCUT2D eigenvalue weighted by Gasteiger charge is -1.90. The fraction of sp³-hybridized carbons (Fsp3) is 0.444. The number of terminal acetylenes is 1. The van der Waals surface area contributed by atoms with Crippen LogP contribution in [-0.2, 0) is 13.0 Å². The van der Waals surface area contributed by atoms with Gasteiger partial charge in [-0.05, 0) is 18.9 Å².